The van der Waals surface area contributed by atoms with Crippen LogP contribution in [0.5, 0.6) is 0 Å². The highest BCUT2D eigenvalue weighted by Crippen LogP contribution is 2.53. The first-order valence-corrected chi connectivity index (χ1v) is 11.0. The number of aromatic nitrogens is 2. The van der Waals surface area contributed by atoms with Crippen molar-refractivity contribution >= 4 is 16.8 Å². The lowest BCUT2D eigenvalue weighted by atomic mass is 9.62. The van der Waals surface area contributed by atoms with Gasteiger partial charge in [-0.3, -0.25) is 14.6 Å². The van der Waals surface area contributed by atoms with Gasteiger partial charge < -0.3 is 10.7 Å². The molecule has 0 radical (unpaired) electrons. The fourth-order valence-electron chi connectivity index (χ4n) is 5.77. The van der Waals surface area contributed by atoms with Crippen LogP contribution in [0.4, 0.5) is 8.78 Å². The number of amides is 1. The van der Waals surface area contributed by atoms with Crippen molar-refractivity contribution in [2.45, 2.75) is 70.1 Å². The van der Waals surface area contributed by atoms with E-state index in [4.69, 9.17) is 5.73 Å². The van der Waals surface area contributed by atoms with Crippen molar-refractivity contribution in [1.29, 1.82) is 0 Å². The van der Waals surface area contributed by atoms with Gasteiger partial charge in [0.15, 0.2) is 5.43 Å². The van der Waals surface area contributed by atoms with Crippen LogP contribution in [0.15, 0.2) is 23.1 Å². The maximum Gasteiger partial charge on any atom is 0.268 e. The fourth-order valence-corrected chi connectivity index (χ4v) is 5.77. The Morgan fingerprint density at radius 3 is 2.70 bits per heavy atom. The van der Waals surface area contributed by atoms with Gasteiger partial charge in [-0.05, 0) is 30.7 Å². The van der Waals surface area contributed by atoms with Gasteiger partial charge in [0.25, 0.3) is 11.8 Å². The minimum absolute atomic E-state index is 0.0934. The summed E-state index contributed by atoms with van der Waals surface area (Å²) in [5.74, 6) is -4.03. The second-order valence-electron chi connectivity index (χ2n) is 9.01. The monoisotopic (exact) mass is 417 g/mol. The zero-order valence-corrected chi connectivity index (χ0v) is 17.3. The summed E-state index contributed by atoms with van der Waals surface area (Å²) in [5.41, 5.74) is 5.83. The van der Waals surface area contributed by atoms with Crippen LogP contribution in [-0.2, 0) is 0 Å². The third-order valence-electron chi connectivity index (χ3n) is 7.31. The van der Waals surface area contributed by atoms with Gasteiger partial charge in [-0.2, -0.15) is 0 Å². The fraction of sp³-hybridized carbons (Fsp3) is 0.609. The number of primary amides is 1. The van der Waals surface area contributed by atoms with Gasteiger partial charge in [0.1, 0.15) is 5.69 Å². The molecule has 5 nitrogen and oxygen atoms in total. The van der Waals surface area contributed by atoms with Crippen LogP contribution >= 0.6 is 0 Å². The standard InChI is InChI=1S/C23H29F2N3O2/c1-2-14-10-15(13-6-4-3-5-7-13)16(12-23(14,24)25)18-11-19(29)20-17(28-18)8-9-27-21(20)22(26)30/h8-9,11,13-16H,2-7,10,12H2,1H3,(H2,26,30)(H,28,29)/t14-,15?,16?/m1/s1. The lowest BCUT2D eigenvalue weighted by Gasteiger charge is -2.45. The Morgan fingerprint density at radius 2 is 2.03 bits per heavy atom. The predicted octanol–water partition coefficient (Wildman–Crippen LogP) is 4.76. The SMILES string of the molecule is CC[C@@H]1CC(C2CCCCC2)C(c2cc(=O)c3c(C(N)=O)nccc3[nH]2)CC1(F)F. The molecule has 2 unspecified atom stereocenters. The number of pyridine rings is 2. The van der Waals surface area contributed by atoms with Gasteiger partial charge in [-0.1, -0.05) is 39.0 Å². The van der Waals surface area contributed by atoms with E-state index < -0.39 is 29.1 Å². The van der Waals surface area contributed by atoms with E-state index in [2.05, 4.69) is 9.97 Å². The summed E-state index contributed by atoms with van der Waals surface area (Å²) in [4.78, 5) is 31.7. The second kappa shape index (κ2) is 8.08. The molecule has 2 aliphatic rings. The zero-order valence-electron chi connectivity index (χ0n) is 17.3. The summed E-state index contributed by atoms with van der Waals surface area (Å²) in [7, 11) is 0. The average molecular weight is 418 g/mol. The van der Waals surface area contributed by atoms with Crippen LogP contribution in [0.1, 0.15) is 80.4 Å². The number of hydrogen-bond acceptors (Lipinski definition) is 3. The summed E-state index contributed by atoms with van der Waals surface area (Å²) in [6.07, 6.45) is 7.73. The maximum absolute atomic E-state index is 15.0. The Bertz CT molecular complexity index is 998. The second-order valence-corrected chi connectivity index (χ2v) is 9.01. The molecule has 0 bridgehead atoms. The zero-order chi connectivity index (χ0) is 21.5. The molecule has 3 atom stereocenters. The topological polar surface area (TPSA) is 88.8 Å². The van der Waals surface area contributed by atoms with Crippen molar-refractivity contribution in [2.24, 2.45) is 23.5 Å². The number of fused-ring (bicyclic) bond motifs is 1. The molecule has 162 valence electrons. The molecule has 2 heterocycles. The molecule has 2 aromatic heterocycles. The van der Waals surface area contributed by atoms with Crippen molar-refractivity contribution in [1.82, 2.24) is 9.97 Å². The molecule has 0 aliphatic heterocycles. The molecule has 30 heavy (non-hydrogen) atoms. The molecule has 2 aliphatic carbocycles. The van der Waals surface area contributed by atoms with Crippen LogP contribution in [0, 0.1) is 17.8 Å². The molecular weight excluding hydrogens is 388 g/mol. The van der Waals surface area contributed by atoms with E-state index in [1.165, 1.54) is 18.7 Å². The highest BCUT2D eigenvalue weighted by Gasteiger charge is 2.50. The number of halogens is 2. The van der Waals surface area contributed by atoms with Crippen molar-refractivity contribution < 1.29 is 13.6 Å². The Balaban J connectivity index is 1.79. The summed E-state index contributed by atoms with van der Waals surface area (Å²) < 4.78 is 29.9. The number of nitrogens with two attached hydrogens (primary N) is 1. The number of nitrogens with zero attached hydrogens (tertiary/aromatic N) is 1. The Morgan fingerprint density at radius 1 is 1.30 bits per heavy atom. The van der Waals surface area contributed by atoms with Gasteiger partial charge in [-0.25, -0.2) is 8.78 Å². The van der Waals surface area contributed by atoms with E-state index in [1.54, 1.807) is 6.07 Å². The van der Waals surface area contributed by atoms with E-state index in [0.29, 0.717) is 30.0 Å². The molecule has 2 saturated carbocycles. The molecule has 2 aromatic rings. The molecule has 0 saturated heterocycles. The van der Waals surface area contributed by atoms with E-state index >= 15 is 0 Å². The number of hydrogen-bond donors (Lipinski definition) is 2. The first kappa shape index (κ1) is 20.9. The van der Waals surface area contributed by atoms with Gasteiger partial charge in [0.2, 0.25) is 0 Å². The van der Waals surface area contributed by atoms with Crippen molar-refractivity contribution in [3.8, 4) is 0 Å². The number of alkyl halides is 2. The Labute approximate surface area is 174 Å². The first-order valence-electron chi connectivity index (χ1n) is 11.0. The molecule has 0 spiro atoms. The summed E-state index contributed by atoms with van der Waals surface area (Å²) in [5, 5.41) is 0.122. The number of H-pyrrole nitrogens is 1. The highest BCUT2D eigenvalue weighted by molar-refractivity contribution is 6.03. The van der Waals surface area contributed by atoms with Crippen LogP contribution in [0.3, 0.4) is 0 Å². The average Bonchev–Trinajstić information content (AvgIpc) is 2.73. The largest absolute Gasteiger partial charge is 0.364 e. The molecular formula is C23H29F2N3O2. The minimum Gasteiger partial charge on any atom is -0.364 e. The van der Waals surface area contributed by atoms with Gasteiger partial charge in [0, 0.05) is 36.2 Å². The van der Waals surface area contributed by atoms with Crippen molar-refractivity contribution in [3.63, 3.8) is 0 Å². The third-order valence-corrected chi connectivity index (χ3v) is 7.31. The smallest absolute Gasteiger partial charge is 0.268 e. The van der Waals surface area contributed by atoms with Crippen LogP contribution < -0.4 is 11.2 Å². The van der Waals surface area contributed by atoms with E-state index in [-0.39, 0.29) is 23.4 Å². The van der Waals surface area contributed by atoms with E-state index in [0.717, 1.165) is 25.7 Å². The number of rotatable bonds is 4. The molecule has 2 fully saturated rings. The number of aromatic amines is 1. The first-order chi connectivity index (χ1) is 14.3. The van der Waals surface area contributed by atoms with Crippen LogP contribution in [0.25, 0.3) is 10.9 Å². The lowest BCUT2D eigenvalue weighted by Crippen LogP contribution is -2.42. The Kier molecular flexibility index (Phi) is 5.64. The van der Waals surface area contributed by atoms with Crippen LogP contribution in [-0.4, -0.2) is 21.8 Å². The molecule has 4 rings (SSSR count). The van der Waals surface area contributed by atoms with Gasteiger partial charge in [-0.15, -0.1) is 0 Å². The van der Waals surface area contributed by atoms with E-state index in [9.17, 15) is 18.4 Å². The normalized spacial score (nSPS) is 27.2. The summed E-state index contributed by atoms with van der Waals surface area (Å²) >= 11 is 0. The Hall–Kier alpha value is -2.31. The molecule has 0 aromatic carbocycles. The number of carbonyl (C=O) groups is 1. The minimum atomic E-state index is -2.76. The third kappa shape index (κ3) is 3.74. The van der Waals surface area contributed by atoms with Crippen LogP contribution in [0.2, 0.25) is 0 Å². The van der Waals surface area contributed by atoms with Gasteiger partial charge in [0.05, 0.1) is 10.9 Å². The van der Waals surface area contributed by atoms with Gasteiger partial charge >= 0.3 is 0 Å². The lowest BCUT2D eigenvalue weighted by molar-refractivity contribution is -0.115. The molecule has 3 N–H and O–H groups in total. The number of carbonyl (C=O) groups excluding carboxylic acids is 1. The summed E-state index contributed by atoms with van der Waals surface area (Å²) in [6, 6.07) is 2.98. The quantitative estimate of drug-likeness (QED) is 0.752. The predicted molar refractivity (Wildman–Crippen MR) is 112 cm³/mol. The highest BCUT2D eigenvalue weighted by atomic mass is 19.3. The summed E-state index contributed by atoms with van der Waals surface area (Å²) in [6.45, 7) is 1.84. The van der Waals surface area contributed by atoms with E-state index in [1.807, 2.05) is 6.92 Å². The van der Waals surface area contributed by atoms with Crippen molar-refractivity contribution in [2.75, 3.05) is 0 Å². The molecule has 1 amide bonds. The number of nitrogens with one attached hydrogen (secondary N) is 1. The molecule has 7 heteroatoms. The van der Waals surface area contributed by atoms with Crippen molar-refractivity contribution in [3.05, 3.63) is 39.9 Å². The maximum atomic E-state index is 15.0.